The second-order valence-electron chi connectivity index (χ2n) is 9.93. The third-order valence-corrected chi connectivity index (χ3v) is 7.34. The van der Waals surface area contributed by atoms with Crippen molar-refractivity contribution in [3.05, 3.63) is 106 Å². The molecule has 0 saturated heterocycles. The molecule has 41 heavy (non-hydrogen) atoms. The molecule has 2 aromatic heterocycles. The predicted molar refractivity (Wildman–Crippen MR) is 145 cm³/mol. The number of aromatic nitrogens is 2. The largest absolute Gasteiger partial charge is 0.465 e. The van der Waals surface area contributed by atoms with E-state index in [0.717, 1.165) is 39.5 Å². The van der Waals surface area contributed by atoms with Crippen molar-refractivity contribution < 1.29 is 28.3 Å². The van der Waals surface area contributed by atoms with E-state index in [1.807, 2.05) is 17.4 Å². The number of hydrogen-bond acceptors (Lipinski definition) is 5. The Bertz CT molecular complexity index is 1820. The molecule has 10 nitrogen and oxygen atoms in total. The number of nitrogens with one attached hydrogen (secondary N) is 3. The molecule has 3 amide bonds. The van der Waals surface area contributed by atoms with Gasteiger partial charge in [0, 0.05) is 29.1 Å². The third kappa shape index (κ3) is 4.58. The molecule has 0 radical (unpaired) electrons. The maximum absolute atomic E-state index is 13.9. The number of halogens is 2. The number of carbonyl (C=O) groups excluding carboxylic acids is 2. The minimum Gasteiger partial charge on any atom is -0.465 e. The van der Waals surface area contributed by atoms with Gasteiger partial charge in [0.25, 0.3) is 5.56 Å². The number of hydrogen-bond donors (Lipinski definition) is 4. The molecule has 6 rings (SSSR count). The second kappa shape index (κ2) is 9.66. The number of amides is 3. The summed E-state index contributed by atoms with van der Waals surface area (Å²) in [5, 5.41) is 16.6. The van der Waals surface area contributed by atoms with Gasteiger partial charge in [-0.25, -0.2) is 18.6 Å². The summed E-state index contributed by atoms with van der Waals surface area (Å²) in [7, 11) is 0. The van der Waals surface area contributed by atoms with Gasteiger partial charge in [-0.05, 0) is 66.4 Å². The van der Waals surface area contributed by atoms with Gasteiger partial charge in [0.2, 0.25) is 11.8 Å². The minimum absolute atomic E-state index is 0.00917. The van der Waals surface area contributed by atoms with E-state index < -0.39 is 41.2 Å². The molecule has 1 unspecified atom stereocenters. The molecule has 12 heteroatoms. The lowest BCUT2D eigenvalue weighted by molar-refractivity contribution is -0.120. The van der Waals surface area contributed by atoms with Crippen LogP contribution in [0.3, 0.4) is 0 Å². The summed E-state index contributed by atoms with van der Waals surface area (Å²) in [6.07, 6.45) is 1.01. The van der Waals surface area contributed by atoms with Crippen LogP contribution in [0.15, 0.2) is 71.7 Å². The normalized spacial score (nSPS) is 16.7. The molecule has 4 aromatic rings. The number of carbonyl (C=O) groups is 3. The average molecular weight is 558 g/mol. The first-order valence-corrected chi connectivity index (χ1v) is 12.5. The van der Waals surface area contributed by atoms with Crippen molar-refractivity contribution in [2.75, 3.05) is 16.0 Å². The molecular weight excluding hydrogens is 536 g/mol. The van der Waals surface area contributed by atoms with Gasteiger partial charge in [0.1, 0.15) is 29.7 Å². The van der Waals surface area contributed by atoms with E-state index in [9.17, 15) is 28.0 Å². The van der Waals surface area contributed by atoms with Crippen molar-refractivity contribution in [3.8, 4) is 11.3 Å². The topological polar surface area (TPSA) is 142 Å². The van der Waals surface area contributed by atoms with E-state index in [4.69, 9.17) is 5.11 Å². The monoisotopic (exact) mass is 557 g/mol. The number of fused-ring (bicyclic) bond motifs is 3. The maximum Gasteiger partial charge on any atom is 0.409 e. The summed E-state index contributed by atoms with van der Waals surface area (Å²) in [4.78, 5) is 54.6. The molecule has 0 saturated carbocycles. The standard InChI is InChI=1S/C29H21F2N5O5/c30-18-8-16(9-19(31)11-18)23-6-5-22(34-28(40)41)26(38)36(23)14-24(37)33-20-4-3-15-12-29(13-17(15)10-20)21-2-1-7-32-25(21)35-27(29)39/h1-11,34H,12-14H2,(H,33,37)(H,40,41)(H,32,35,39). The molecule has 0 bridgehead atoms. The van der Waals surface area contributed by atoms with Crippen molar-refractivity contribution in [2.45, 2.75) is 24.8 Å². The molecule has 1 aliphatic carbocycles. The number of anilines is 3. The Labute approximate surface area is 230 Å². The van der Waals surface area contributed by atoms with Crippen molar-refractivity contribution in [3.63, 3.8) is 0 Å². The Kier molecular flexibility index (Phi) is 6.10. The fourth-order valence-corrected chi connectivity index (χ4v) is 5.59. The zero-order chi connectivity index (χ0) is 28.9. The first-order chi connectivity index (χ1) is 19.6. The van der Waals surface area contributed by atoms with Crippen LogP contribution in [0.2, 0.25) is 0 Å². The van der Waals surface area contributed by atoms with Gasteiger partial charge in [-0.2, -0.15) is 0 Å². The Morgan fingerprint density at radius 2 is 1.73 bits per heavy atom. The van der Waals surface area contributed by atoms with Crippen LogP contribution in [-0.4, -0.2) is 32.6 Å². The lowest BCUT2D eigenvalue weighted by Gasteiger charge is -2.20. The molecule has 2 aliphatic rings. The predicted octanol–water partition coefficient (Wildman–Crippen LogP) is 3.91. The Hall–Kier alpha value is -5.39. The highest BCUT2D eigenvalue weighted by Crippen LogP contribution is 2.46. The third-order valence-electron chi connectivity index (χ3n) is 7.34. The molecule has 2 aromatic carbocycles. The van der Waals surface area contributed by atoms with Gasteiger partial charge >= 0.3 is 6.09 Å². The highest BCUT2D eigenvalue weighted by Gasteiger charge is 2.51. The van der Waals surface area contributed by atoms with Gasteiger partial charge in [-0.3, -0.25) is 24.3 Å². The van der Waals surface area contributed by atoms with Crippen molar-refractivity contribution in [1.82, 2.24) is 9.55 Å². The summed E-state index contributed by atoms with van der Waals surface area (Å²) in [5.74, 6) is -2.01. The van der Waals surface area contributed by atoms with Crippen molar-refractivity contribution in [1.29, 1.82) is 0 Å². The number of rotatable bonds is 5. The van der Waals surface area contributed by atoms with Gasteiger partial charge < -0.3 is 15.7 Å². The summed E-state index contributed by atoms with van der Waals surface area (Å²) in [5.41, 5.74) is 1.07. The van der Waals surface area contributed by atoms with Crippen molar-refractivity contribution >= 4 is 35.1 Å². The molecule has 3 heterocycles. The average Bonchev–Trinajstić information content (AvgIpc) is 3.42. The summed E-state index contributed by atoms with van der Waals surface area (Å²) in [6, 6.07) is 14.0. The minimum atomic E-state index is -1.49. The first-order valence-electron chi connectivity index (χ1n) is 12.5. The van der Waals surface area contributed by atoms with E-state index in [1.54, 1.807) is 24.4 Å². The zero-order valence-electron chi connectivity index (χ0n) is 21.2. The number of pyridine rings is 2. The van der Waals surface area contributed by atoms with E-state index in [1.165, 1.54) is 6.07 Å². The summed E-state index contributed by atoms with van der Waals surface area (Å²) >= 11 is 0. The van der Waals surface area contributed by atoms with E-state index in [-0.39, 0.29) is 22.9 Å². The van der Waals surface area contributed by atoms with Crippen LogP contribution in [0.1, 0.15) is 16.7 Å². The van der Waals surface area contributed by atoms with Crippen LogP contribution in [0, 0.1) is 11.6 Å². The lowest BCUT2D eigenvalue weighted by atomic mass is 9.79. The second-order valence-corrected chi connectivity index (χ2v) is 9.93. The van der Waals surface area contributed by atoms with Crippen LogP contribution in [0.5, 0.6) is 0 Å². The van der Waals surface area contributed by atoms with E-state index in [0.29, 0.717) is 30.4 Å². The summed E-state index contributed by atoms with van der Waals surface area (Å²) in [6.45, 7) is -0.579. The molecule has 206 valence electrons. The molecule has 1 aliphatic heterocycles. The molecular formula is C29H21F2N5O5. The molecule has 4 N–H and O–H groups in total. The maximum atomic E-state index is 13.9. The Morgan fingerprint density at radius 1 is 0.976 bits per heavy atom. The van der Waals surface area contributed by atoms with Gasteiger partial charge in [0.05, 0.1) is 11.1 Å². The fraction of sp³-hybridized carbons (Fsp3) is 0.138. The highest BCUT2D eigenvalue weighted by molar-refractivity contribution is 6.06. The van der Waals surface area contributed by atoms with Crippen LogP contribution >= 0.6 is 0 Å². The van der Waals surface area contributed by atoms with E-state index >= 15 is 0 Å². The van der Waals surface area contributed by atoms with Crippen LogP contribution in [0.4, 0.5) is 30.8 Å². The fourth-order valence-electron chi connectivity index (χ4n) is 5.59. The number of nitrogens with zero attached hydrogens (tertiary/aromatic N) is 2. The Morgan fingerprint density at radius 3 is 2.49 bits per heavy atom. The summed E-state index contributed by atoms with van der Waals surface area (Å²) < 4.78 is 28.8. The number of carboxylic acid groups (broad SMARTS) is 1. The Balaban J connectivity index is 1.28. The molecule has 1 spiro atoms. The first kappa shape index (κ1) is 25.9. The van der Waals surface area contributed by atoms with Gasteiger partial charge in [-0.1, -0.05) is 12.1 Å². The quantitative estimate of drug-likeness (QED) is 0.293. The molecule has 0 fully saturated rings. The SMILES string of the molecule is O=C(O)Nc1ccc(-c2cc(F)cc(F)c2)n(CC(=O)Nc2ccc3c(c2)CC2(C3)C(=O)Nc3ncccc32)c1=O. The number of benzene rings is 2. The highest BCUT2D eigenvalue weighted by atomic mass is 19.1. The van der Waals surface area contributed by atoms with Crippen molar-refractivity contribution in [2.24, 2.45) is 0 Å². The van der Waals surface area contributed by atoms with Crippen LogP contribution < -0.4 is 21.5 Å². The van der Waals surface area contributed by atoms with Crippen LogP contribution in [0.25, 0.3) is 11.3 Å². The van der Waals surface area contributed by atoms with Crippen LogP contribution in [-0.2, 0) is 34.4 Å². The van der Waals surface area contributed by atoms with Gasteiger partial charge in [-0.15, -0.1) is 0 Å². The van der Waals surface area contributed by atoms with E-state index in [2.05, 4.69) is 15.6 Å². The zero-order valence-corrected chi connectivity index (χ0v) is 21.2. The molecule has 1 atom stereocenters. The smallest absolute Gasteiger partial charge is 0.409 e. The van der Waals surface area contributed by atoms with Gasteiger partial charge in [0.15, 0.2) is 0 Å². The lowest BCUT2D eigenvalue weighted by Crippen LogP contribution is -2.35.